The molecule has 2 aromatic carbocycles. The molecule has 5 nitrogen and oxygen atoms in total. The molecular weight excluding hydrogens is 626 g/mol. The van der Waals surface area contributed by atoms with Gasteiger partial charge >= 0.3 is 27.9 Å². The summed E-state index contributed by atoms with van der Waals surface area (Å²) in [6, 6.07) is 9.06. The molecule has 10 heteroatoms. The number of hydrogen-bond donors (Lipinski definition) is 0. The number of alkyl halides is 3. The van der Waals surface area contributed by atoms with Crippen LogP contribution in [0.4, 0.5) is 24.5 Å². The van der Waals surface area contributed by atoms with Crippen molar-refractivity contribution in [1.29, 1.82) is 0 Å². The van der Waals surface area contributed by atoms with Gasteiger partial charge in [-0.2, -0.15) is 13.2 Å². The van der Waals surface area contributed by atoms with Crippen LogP contribution in [0.15, 0.2) is 36.7 Å². The van der Waals surface area contributed by atoms with Crippen molar-refractivity contribution in [3.8, 4) is 0 Å². The molecule has 0 unspecified atom stereocenters. The van der Waals surface area contributed by atoms with Gasteiger partial charge in [0.15, 0.2) is 10.1 Å². The Kier molecular flexibility index (Phi) is 9.21. The second-order valence-electron chi connectivity index (χ2n) is 7.77. The summed E-state index contributed by atoms with van der Waals surface area (Å²) in [5.41, 5.74) is 5.03. The van der Waals surface area contributed by atoms with Crippen molar-refractivity contribution in [2.24, 2.45) is 0 Å². The second-order valence-corrected chi connectivity index (χ2v) is 9.14. The van der Waals surface area contributed by atoms with Crippen LogP contribution < -0.4 is 9.80 Å². The predicted molar refractivity (Wildman–Crippen MR) is 116 cm³/mol. The fraction of sp³-hybridized carbons (Fsp3) is 0.364. The van der Waals surface area contributed by atoms with Crippen LogP contribution in [0.5, 0.6) is 0 Å². The van der Waals surface area contributed by atoms with Gasteiger partial charge in [-0.1, -0.05) is 35.4 Å². The first-order valence-corrected chi connectivity index (χ1v) is 10.9. The Balaban J connectivity index is 0.000000491. The van der Waals surface area contributed by atoms with E-state index in [2.05, 4.69) is 88.0 Å². The summed E-state index contributed by atoms with van der Waals surface area (Å²) in [6.07, 6.45) is 4.40. The number of rotatable bonds is 2. The van der Waals surface area contributed by atoms with E-state index >= 15 is 0 Å². The van der Waals surface area contributed by atoms with Crippen molar-refractivity contribution in [2.45, 2.75) is 47.1 Å². The van der Waals surface area contributed by atoms with Crippen molar-refractivity contribution < 1.29 is 48.5 Å². The van der Waals surface area contributed by atoms with Gasteiger partial charge in [0.05, 0.1) is 6.67 Å². The van der Waals surface area contributed by atoms with E-state index in [1.807, 2.05) is 0 Å². The molecule has 0 spiro atoms. The zero-order valence-corrected chi connectivity index (χ0v) is 21.6. The second kappa shape index (κ2) is 10.4. The van der Waals surface area contributed by atoms with E-state index in [1.54, 1.807) is 0 Å². The van der Waals surface area contributed by atoms with Crippen LogP contribution >= 0.6 is 0 Å². The molecule has 32 heavy (non-hydrogen) atoms. The van der Waals surface area contributed by atoms with Crippen LogP contribution in [-0.2, 0) is 32.5 Å². The molecule has 0 N–H and O–H groups in total. The van der Waals surface area contributed by atoms with E-state index in [1.165, 1.54) is 44.8 Å². The number of aryl methyl sites for hydroxylation is 6. The number of nitrogens with zero attached hydrogens (tertiary/aromatic N) is 2. The van der Waals surface area contributed by atoms with Gasteiger partial charge in [-0.3, -0.25) is 0 Å². The van der Waals surface area contributed by atoms with Gasteiger partial charge in [-0.25, -0.2) is 8.42 Å². The standard InChI is InChI=1S/C21H26N2.CHF3O3S.Au/c1-14-9-16(3)20(17(4)10-14)22-7-8-23(13-22)21-18(5)11-15(2)12-19(21)6;2-1(3,4)8(5,6)7;/h7-12H,13H2,1-6H3;(H,5,6,7);/q;;+1/p-1. The Bertz CT molecular complexity index is 1000. The maximum Gasteiger partial charge on any atom is 1.00 e. The SMILES string of the molecule is Cc1cc(C)c(N2C=CN(c3c(C)cc(C)cc3C)C2)c(C)c1.O=S(=O)([O-])C(F)(F)F.[Au+]. The van der Waals surface area contributed by atoms with Crippen LogP contribution in [0.1, 0.15) is 33.4 Å². The Morgan fingerprint density at radius 1 is 0.750 bits per heavy atom. The molecule has 0 aliphatic carbocycles. The summed E-state index contributed by atoms with van der Waals surface area (Å²) in [7, 11) is -6.09. The minimum Gasteiger partial charge on any atom is -0.741 e. The number of hydrogen-bond acceptors (Lipinski definition) is 5. The average Bonchev–Trinajstić information content (AvgIpc) is 3.00. The Labute approximate surface area is 203 Å². The minimum atomic E-state index is -6.09. The largest absolute Gasteiger partial charge is 1.00 e. The molecule has 0 saturated heterocycles. The topological polar surface area (TPSA) is 63.7 Å². The fourth-order valence-electron chi connectivity index (χ4n) is 3.96. The predicted octanol–water partition coefficient (Wildman–Crippen LogP) is 5.34. The molecule has 1 aliphatic heterocycles. The van der Waals surface area contributed by atoms with Crippen LogP contribution in [0.25, 0.3) is 0 Å². The van der Waals surface area contributed by atoms with E-state index in [-0.39, 0.29) is 22.4 Å². The summed E-state index contributed by atoms with van der Waals surface area (Å²) in [6.45, 7) is 14.0. The Hall–Kier alpha value is -1.78. The maximum atomic E-state index is 10.7. The summed E-state index contributed by atoms with van der Waals surface area (Å²) in [5.74, 6) is 0. The first kappa shape index (κ1) is 28.3. The summed E-state index contributed by atoms with van der Waals surface area (Å²) in [4.78, 5) is 4.70. The first-order chi connectivity index (χ1) is 14.1. The van der Waals surface area contributed by atoms with Crippen molar-refractivity contribution in [1.82, 2.24) is 0 Å². The molecule has 0 fully saturated rings. The van der Waals surface area contributed by atoms with Crippen molar-refractivity contribution in [3.63, 3.8) is 0 Å². The van der Waals surface area contributed by atoms with E-state index in [4.69, 9.17) is 13.0 Å². The van der Waals surface area contributed by atoms with E-state index in [0.717, 1.165) is 6.67 Å². The molecule has 2 aromatic rings. The number of benzene rings is 2. The average molecular weight is 652 g/mol. The molecule has 0 bridgehead atoms. The number of halogens is 3. The molecule has 0 amide bonds. The maximum absolute atomic E-state index is 10.7. The van der Waals surface area contributed by atoms with E-state index < -0.39 is 15.6 Å². The zero-order valence-electron chi connectivity index (χ0n) is 18.6. The minimum absolute atomic E-state index is 0. The van der Waals surface area contributed by atoms with Crippen LogP contribution in [0.3, 0.4) is 0 Å². The molecule has 0 radical (unpaired) electrons. The van der Waals surface area contributed by atoms with Crippen molar-refractivity contribution in [2.75, 3.05) is 16.5 Å². The van der Waals surface area contributed by atoms with Gasteiger partial charge < -0.3 is 14.4 Å². The molecule has 3 rings (SSSR count). The monoisotopic (exact) mass is 652 g/mol. The Morgan fingerprint density at radius 3 is 1.22 bits per heavy atom. The first-order valence-electron chi connectivity index (χ1n) is 9.51. The molecule has 0 aromatic heterocycles. The number of anilines is 2. The van der Waals surface area contributed by atoms with Crippen LogP contribution in [-0.4, -0.2) is 25.1 Å². The zero-order chi connectivity index (χ0) is 23.7. The molecule has 1 heterocycles. The van der Waals surface area contributed by atoms with Crippen LogP contribution in [0.2, 0.25) is 0 Å². The van der Waals surface area contributed by atoms with Gasteiger partial charge in [0.2, 0.25) is 0 Å². The molecule has 1 aliphatic rings. The van der Waals surface area contributed by atoms with Gasteiger partial charge in [0.25, 0.3) is 0 Å². The van der Waals surface area contributed by atoms with Gasteiger partial charge in [-0.15, -0.1) is 0 Å². The van der Waals surface area contributed by atoms with Crippen LogP contribution in [0, 0.1) is 41.5 Å². The van der Waals surface area contributed by atoms with E-state index in [0.29, 0.717) is 0 Å². The third-order valence-corrected chi connectivity index (χ3v) is 5.43. The van der Waals surface area contributed by atoms with Gasteiger partial charge in [0.1, 0.15) is 0 Å². The van der Waals surface area contributed by atoms with Crippen molar-refractivity contribution in [3.05, 3.63) is 70.0 Å². The summed E-state index contributed by atoms with van der Waals surface area (Å²) in [5, 5.41) is 0. The smallest absolute Gasteiger partial charge is 0.741 e. The van der Waals surface area contributed by atoms with E-state index in [9.17, 15) is 13.2 Å². The van der Waals surface area contributed by atoms with Crippen molar-refractivity contribution >= 4 is 21.5 Å². The molecular formula is C22H26AuF3N2O3S. The molecule has 0 atom stereocenters. The van der Waals surface area contributed by atoms with Gasteiger partial charge in [0, 0.05) is 23.8 Å². The van der Waals surface area contributed by atoms with Gasteiger partial charge in [-0.05, 0) is 63.8 Å². The molecule has 0 saturated carbocycles. The normalized spacial score (nSPS) is 13.6. The third kappa shape index (κ3) is 6.62. The Morgan fingerprint density at radius 2 is 1.00 bits per heavy atom. The summed E-state index contributed by atoms with van der Waals surface area (Å²) < 4.78 is 58.9. The summed E-state index contributed by atoms with van der Waals surface area (Å²) >= 11 is 0. The quantitative estimate of drug-likeness (QED) is 0.249. The third-order valence-electron chi connectivity index (χ3n) is 4.86. The molecule has 180 valence electrons. The fourth-order valence-corrected chi connectivity index (χ4v) is 3.96.